The fourth-order valence-corrected chi connectivity index (χ4v) is 3.98. The molecule has 4 rings (SSSR count). The van der Waals surface area contributed by atoms with Crippen LogP contribution in [0.2, 0.25) is 0 Å². The molecule has 0 saturated carbocycles. The number of benzene rings is 2. The summed E-state index contributed by atoms with van der Waals surface area (Å²) in [6.45, 7) is 5.75. The molecule has 0 radical (unpaired) electrons. The largest absolute Gasteiger partial charge is 0.348 e. The van der Waals surface area contributed by atoms with Crippen molar-refractivity contribution in [1.82, 2.24) is 20.0 Å². The molecular weight excluding hydrogens is 376 g/mol. The number of aryl methyl sites for hydroxylation is 1. The van der Waals surface area contributed by atoms with Gasteiger partial charge in [-0.15, -0.1) is 0 Å². The van der Waals surface area contributed by atoms with Gasteiger partial charge in [-0.3, -0.25) is 9.59 Å². The topological polar surface area (TPSA) is 67.2 Å². The van der Waals surface area contributed by atoms with Gasteiger partial charge in [0.2, 0.25) is 0 Å². The van der Waals surface area contributed by atoms with Gasteiger partial charge in [0.25, 0.3) is 11.8 Å². The Kier molecular flexibility index (Phi) is 5.65. The molecule has 1 N–H and O–H groups in total. The van der Waals surface area contributed by atoms with Crippen molar-refractivity contribution in [3.05, 3.63) is 82.7 Å². The van der Waals surface area contributed by atoms with E-state index >= 15 is 0 Å². The Hall–Kier alpha value is -3.41. The van der Waals surface area contributed by atoms with E-state index in [1.807, 2.05) is 73.3 Å². The number of aromatic nitrogens is 2. The predicted molar refractivity (Wildman–Crippen MR) is 116 cm³/mol. The summed E-state index contributed by atoms with van der Waals surface area (Å²) in [7, 11) is 0. The SMILES string of the molecule is Cc1nn(-c2ccccc2)c(C)c1C(=O)NCc1cccc(C(=O)N2CCCC2)c1. The van der Waals surface area contributed by atoms with Gasteiger partial charge in [-0.1, -0.05) is 30.3 Å². The lowest BCUT2D eigenvalue weighted by Crippen LogP contribution is -2.28. The molecule has 1 aliphatic heterocycles. The van der Waals surface area contributed by atoms with Crippen LogP contribution in [0.5, 0.6) is 0 Å². The molecule has 6 nitrogen and oxygen atoms in total. The number of para-hydroxylation sites is 1. The third-order valence-electron chi connectivity index (χ3n) is 5.54. The number of likely N-dealkylation sites (tertiary alicyclic amines) is 1. The van der Waals surface area contributed by atoms with Crippen LogP contribution in [0.3, 0.4) is 0 Å². The zero-order valence-electron chi connectivity index (χ0n) is 17.4. The predicted octanol–water partition coefficient (Wildman–Crippen LogP) is 3.66. The highest BCUT2D eigenvalue weighted by molar-refractivity contribution is 5.97. The first-order valence-corrected chi connectivity index (χ1v) is 10.3. The van der Waals surface area contributed by atoms with Crippen molar-refractivity contribution in [2.75, 3.05) is 13.1 Å². The average molecular weight is 402 g/mol. The highest BCUT2D eigenvalue weighted by atomic mass is 16.2. The summed E-state index contributed by atoms with van der Waals surface area (Å²) in [5.74, 6) is -0.0973. The van der Waals surface area contributed by atoms with Gasteiger partial charge in [-0.25, -0.2) is 4.68 Å². The van der Waals surface area contributed by atoms with Gasteiger partial charge in [0.15, 0.2) is 0 Å². The van der Waals surface area contributed by atoms with E-state index in [2.05, 4.69) is 10.4 Å². The van der Waals surface area contributed by atoms with Crippen molar-refractivity contribution in [2.45, 2.75) is 33.2 Å². The summed E-state index contributed by atoms with van der Waals surface area (Å²) in [6.07, 6.45) is 2.13. The quantitative estimate of drug-likeness (QED) is 0.708. The lowest BCUT2D eigenvalue weighted by Gasteiger charge is -2.15. The highest BCUT2D eigenvalue weighted by Crippen LogP contribution is 2.18. The molecule has 2 amide bonds. The van der Waals surface area contributed by atoms with E-state index in [1.54, 1.807) is 4.68 Å². The van der Waals surface area contributed by atoms with Crippen LogP contribution in [0.25, 0.3) is 5.69 Å². The zero-order valence-corrected chi connectivity index (χ0v) is 17.4. The summed E-state index contributed by atoms with van der Waals surface area (Å²) in [6, 6.07) is 17.3. The van der Waals surface area contributed by atoms with Crippen LogP contribution in [-0.2, 0) is 6.54 Å². The lowest BCUT2D eigenvalue weighted by atomic mass is 10.1. The second-order valence-electron chi connectivity index (χ2n) is 7.68. The molecule has 0 unspecified atom stereocenters. The van der Waals surface area contributed by atoms with Crippen molar-refractivity contribution in [3.8, 4) is 5.69 Å². The summed E-state index contributed by atoms with van der Waals surface area (Å²) >= 11 is 0. The first-order valence-electron chi connectivity index (χ1n) is 10.3. The standard InChI is InChI=1S/C24H26N4O2/c1-17-22(18(2)28(26-17)21-11-4-3-5-12-21)23(29)25-16-19-9-8-10-20(15-19)24(30)27-13-6-7-14-27/h3-5,8-12,15H,6-7,13-14,16H2,1-2H3,(H,25,29). The Balaban J connectivity index is 1.47. The van der Waals surface area contributed by atoms with Gasteiger partial charge in [-0.05, 0) is 56.5 Å². The molecule has 0 spiro atoms. The van der Waals surface area contributed by atoms with Crippen molar-refractivity contribution in [2.24, 2.45) is 0 Å². The first kappa shape index (κ1) is 19.9. The van der Waals surface area contributed by atoms with Gasteiger partial charge >= 0.3 is 0 Å². The van der Waals surface area contributed by atoms with E-state index in [1.165, 1.54) is 0 Å². The molecule has 1 fully saturated rings. The Labute approximate surface area is 176 Å². The molecule has 0 atom stereocenters. The van der Waals surface area contributed by atoms with Crippen LogP contribution in [-0.4, -0.2) is 39.6 Å². The lowest BCUT2D eigenvalue weighted by molar-refractivity contribution is 0.0792. The van der Waals surface area contributed by atoms with Crippen LogP contribution >= 0.6 is 0 Å². The molecule has 0 aliphatic carbocycles. The van der Waals surface area contributed by atoms with Crippen LogP contribution in [0, 0.1) is 13.8 Å². The zero-order chi connectivity index (χ0) is 21.1. The molecular formula is C24H26N4O2. The Morgan fingerprint density at radius 1 is 1.00 bits per heavy atom. The van der Waals surface area contributed by atoms with Gasteiger partial charge in [0, 0.05) is 25.2 Å². The number of nitrogens with zero attached hydrogens (tertiary/aromatic N) is 3. The summed E-state index contributed by atoms with van der Waals surface area (Å²) < 4.78 is 1.79. The summed E-state index contributed by atoms with van der Waals surface area (Å²) in [5.41, 5.74) is 4.57. The van der Waals surface area contributed by atoms with Crippen molar-refractivity contribution in [1.29, 1.82) is 0 Å². The first-order chi connectivity index (χ1) is 14.5. The molecule has 30 heavy (non-hydrogen) atoms. The molecule has 1 aliphatic rings. The molecule has 1 saturated heterocycles. The number of hydrogen-bond donors (Lipinski definition) is 1. The smallest absolute Gasteiger partial charge is 0.255 e. The van der Waals surface area contributed by atoms with Crippen molar-refractivity contribution in [3.63, 3.8) is 0 Å². The summed E-state index contributed by atoms with van der Waals surface area (Å²) in [5, 5.41) is 7.52. The number of nitrogens with one attached hydrogen (secondary N) is 1. The molecule has 2 aromatic carbocycles. The summed E-state index contributed by atoms with van der Waals surface area (Å²) in [4.78, 5) is 27.4. The second kappa shape index (κ2) is 8.53. The van der Waals surface area contributed by atoms with Crippen LogP contribution in [0.15, 0.2) is 54.6 Å². The fourth-order valence-electron chi connectivity index (χ4n) is 3.98. The highest BCUT2D eigenvalue weighted by Gasteiger charge is 2.21. The minimum absolute atomic E-state index is 0.0662. The van der Waals surface area contributed by atoms with E-state index in [9.17, 15) is 9.59 Å². The van der Waals surface area contributed by atoms with Crippen molar-refractivity contribution < 1.29 is 9.59 Å². The van der Waals surface area contributed by atoms with E-state index in [0.29, 0.717) is 23.4 Å². The Bertz CT molecular complexity index is 1070. The van der Waals surface area contributed by atoms with Gasteiger partial charge < -0.3 is 10.2 Å². The molecule has 0 bridgehead atoms. The normalized spacial score (nSPS) is 13.5. The molecule has 154 valence electrons. The van der Waals surface area contributed by atoms with Gasteiger partial charge in [-0.2, -0.15) is 5.10 Å². The maximum absolute atomic E-state index is 12.9. The van der Waals surface area contributed by atoms with E-state index < -0.39 is 0 Å². The van der Waals surface area contributed by atoms with Gasteiger partial charge in [0.1, 0.15) is 0 Å². The van der Waals surface area contributed by atoms with E-state index in [4.69, 9.17) is 0 Å². The van der Waals surface area contributed by atoms with Crippen LogP contribution in [0.1, 0.15) is 50.5 Å². The van der Waals surface area contributed by atoms with E-state index in [-0.39, 0.29) is 11.8 Å². The number of hydrogen-bond acceptors (Lipinski definition) is 3. The Morgan fingerprint density at radius 3 is 2.47 bits per heavy atom. The molecule has 1 aromatic heterocycles. The maximum atomic E-state index is 12.9. The van der Waals surface area contributed by atoms with Crippen molar-refractivity contribution >= 4 is 11.8 Å². The second-order valence-corrected chi connectivity index (χ2v) is 7.68. The third-order valence-corrected chi connectivity index (χ3v) is 5.54. The number of rotatable bonds is 5. The van der Waals surface area contributed by atoms with Crippen LogP contribution < -0.4 is 5.32 Å². The minimum Gasteiger partial charge on any atom is -0.348 e. The number of carbonyl (C=O) groups excluding carboxylic acids is 2. The minimum atomic E-state index is -0.163. The maximum Gasteiger partial charge on any atom is 0.255 e. The fraction of sp³-hybridized carbons (Fsp3) is 0.292. The average Bonchev–Trinajstić information content (AvgIpc) is 3.40. The third kappa shape index (κ3) is 3.99. The van der Waals surface area contributed by atoms with E-state index in [0.717, 1.165) is 42.9 Å². The molecule has 3 aromatic rings. The monoisotopic (exact) mass is 402 g/mol. The number of carbonyl (C=O) groups is 2. The van der Waals surface area contributed by atoms with Gasteiger partial charge in [0.05, 0.1) is 22.6 Å². The molecule has 2 heterocycles. The Morgan fingerprint density at radius 2 is 1.73 bits per heavy atom. The molecule has 6 heteroatoms. The number of amides is 2. The van der Waals surface area contributed by atoms with Crippen LogP contribution in [0.4, 0.5) is 0 Å².